The molecule has 3 amide bonds. The number of amides is 3. The fourth-order valence-corrected chi connectivity index (χ4v) is 3.12. The minimum Gasteiger partial charge on any atom is -0.448 e. The van der Waals surface area contributed by atoms with E-state index in [1.54, 1.807) is 0 Å². The second kappa shape index (κ2) is 20.5. The first-order valence-corrected chi connectivity index (χ1v) is 11.8. The molecule has 0 spiro atoms. The maximum Gasteiger partial charge on any atom is 0.410 e. The Hall–Kier alpha value is -2.15. The molecule has 0 saturated heterocycles. The Morgan fingerprint density at radius 1 is 0.788 bits per heavy atom. The van der Waals surface area contributed by atoms with E-state index in [9.17, 15) is 14.4 Å². The molecule has 0 aromatic heterocycles. The number of nitrogens with zero attached hydrogens (tertiary/aromatic N) is 1. The zero-order valence-corrected chi connectivity index (χ0v) is 19.8. The van der Waals surface area contributed by atoms with E-state index in [0.717, 1.165) is 38.5 Å². The van der Waals surface area contributed by atoms with Crippen LogP contribution in [-0.4, -0.2) is 81.0 Å². The third-order valence-electron chi connectivity index (χ3n) is 4.97. The van der Waals surface area contributed by atoms with E-state index in [0.29, 0.717) is 45.4 Å². The molecule has 11 N–H and O–H groups in total. The second-order valence-corrected chi connectivity index (χ2v) is 8.07. The van der Waals surface area contributed by atoms with Gasteiger partial charge in [-0.15, -0.1) is 0 Å². The number of nitrogens with one attached hydrogen (secondary N) is 1. The maximum atomic E-state index is 12.6. The summed E-state index contributed by atoms with van der Waals surface area (Å²) < 4.78 is 10.2. The highest BCUT2D eigenvalue weighted by molar-refractivity contribution is 5.82. The zero-order valence-electron chi connectivity index (χ0n) is 19.8. The van der Waals surface area contributed by atoms with Gasteiger partial charge in [-0.05, 0) is 58.2 Å². The average molecular weight is 476 g/mol. The van der Waals surface area contributed by atoms with Crippen LogP contribution >= 0.6 is 0 Å². The molecule has 0 aliphatic heterocycles. The van der Waals surface area contributed by atoms with E-state index < -0.39 is 18.2 Å². The van der Waals surface area contributed by atoms with Crippen molar-refractivity contribution in [1.29, 1.82) is 0 Å². The van der Waals surface area contributed by atoms with Gasteiger partial charge in [-0.2, -0.15) is 0 Å². The number of primary amides is 1. The van der Waals surface area contributed by atoms with Crippen molar-refractivity contribution in [2.24, 2.45) is 28.7 Å². The SMILES string of the molecule is NCCCCCN(CC(=O)N[C@@H](CCCCN)COC(N)=O)C(=O)OC[C@H](N)CCCCN. The highest BCUT2D eigenvalue weighted by atomic mass is 16.6. The Morgan fingerprint density at radius 3 is 2.00 bits per heavy atom. The molecule has 0 saturated carbocycles. The topological polar surface area (TPSA) is 215 Å². The van der Waals surface area contributed by atoms with Gasteiger partial charge in [0.05, 0.1) is 6.04 Å². The number of hydrogen-bond acceptors (Lipinski definition) is 9. The summed E-state index contributed by atoms with van der Waals surface area (Å²) in [6.45, 7) is 1.86. The number of carbonyl (C=O) groups is 3. The molecular formula is C21H45N7O5. The lowest BCUT2D eigenvalue weighted by Crippen LogP contribution is -2.47. The number of hydrogen-bond donors (Lipinski definition) is 6. The quantitative estimate of drug-likeness (QED) is 0.127. The van der Waals surface area contributed by atoms with Gasteiger partial charge < -0.3 is 43.5 Å². The first-order chi connectivity index (χ1) is 15.8. The predicted molar refractivity (Wildman–Crippen MR) is 127 cm³/mol. The summed E-state index contributed by atoms with van der Waals surface area (Å²) in [7, 11) is 0. The smallest absolute Gasteiger partial charge is 0.410 e. The van der Waals surface area contributed by atoms with E-state index in [2.05, 4.69) is 5.32 Å². The highest BCUT2D eigenvalue weighted by Crippen LogP contribution is 2.05. The van der Waals surface area contributed by atoms with Crippen molar-refractivity contribution in [3.05, 3.63) is 0 Å². The molecule has 12 nitrogen and oxygen atoms in total. The standard InChI is InChI=1S/C21H45N7O5/c22-10-4-1-7-13-28(21(31)33-15-17(25)8-2-5-11-23)14-19(29)27-18(9-3-6-12-24)16-32-20(26)30/h17-18H,1-16,22-25H2,(H2,26,30)(H,27,29)/t17-,18+/m1/s1. The molecule has 33 heavy (non-hydrogen) atoms. The van der Waals surface area contributed by atoms with Crippen molar-refractivity contribution in [3.63, 3.8) is 0 Å². The summed E-state index contributed by atoms with van der Waals surface area (Å²) in [4.78, 5) is 37.5. The predicted octanol–water partition coefficient (Wildman–Crippen LogP) is -0.281. The van der Waals surface area contributed by atoms with E-state index >= 15 is 0 Å². The summed E-state index contributed by atoms with van der Waals surface area (Å²) in [6, 6.07) is -0.714. The van der Waals surface area contributed by atoms with Crippen molar-refractivity contribution in [2.75, 3.05) is 45.9 Å². The zero-order chi connectivity index (χ0) is 24.9. The van der Waals surface area contributed by atoms with Gasteiger partial charge in [-0.25, -0.2) is 9.59 Å². The number of rotatable bonds is 20. The third-order valence-corrected chi connectivity index (χ3v) is 4.97. The lowest BCUT2D eigenvalue weighted by Gasteiger charge is -2.24. The molecule has 2 atom stereocenters. The molecule has 12 heteroatoms. The number of unbranched alkanes of at least 4 members (excludes halogenated alkanes) is 4. The summed E-state index contributed by atoms with van der Waals surface area (Å²) in [5.74, 6) is -0.385. The van der Waals surface area contributed by atoms with Gasteiger partial charge in [0, 0.05) is 12.6 Å². The van der Waals surface area contributed by atoms with Crippen LogP contribution in [-0.2, 0) is 14.3 Å². The van der Waals surface area contributed by atoms with Crippen molar-refractivity contribution in [3.8, 4) is 0 Å². The van der Waals surface area contributed by atoms with Crippen LogP contribution in [0.25, 0.3) is 0 Å². The molecule has 0 fully saturated rings. The van der Waals surface area contributed by atoms with E-state index in [1.165, 1.54) is 4.90 Å². The van der Waals surface area contributed by atoms with Crippen LogP contribution in [0.5, 0.6) is 0 Å². The van der Waals surface area contributed by atoms with Crippen molar-refractivity contribution >= 4 is 18.1 Å². The van der Waals surface area contributed by atoms with Crippen molar-refractivity contribution < 1.29 is 23.9 Å². The van der Waals surface area contributed by atoms with Gasteiger partial charge >= 0.3 is 12.2 Å². The van der Waals surface area contributed by atoms with E-state index in [4.69, 9.17) is 38.1 Å². The summed E-state index contributed by atoms with van der Waals surface area (Å²) in [5.41, 5.74) is 27.6. The average Bonchev–Trinajstić information content (AvgIpc) is 2.78. The van der Waals surface area contributed by atoms with Crippen LogP contribution < -0.4 is 34.0 Å². The highest BCUT2D eigenvalue weighted by Gasteiger charge is 2.21. The molecule has 0 radical (unpaired) electrons. The van der Waals surface area contributed by atoms with Crippen molar-refractivity contribution in [2.45, 2.75) is 69.9 Å². The Labute approximate surface area is 197 Å². The number of carbonyl (C=O) groups excluding carboxylic acids is 3. The summed E-state index contributed by atoms with van der Waals surface area (Å²) in [6.07, 6.45) is 5.34. The number of nitrogens with two attached hydrogens (primary N) is 5. The molecule has 0 bridgehead atoms. The van der Waals surface area contributed by atoms with E-state index in [1.807, 2.05) is 0 Å². The fraction of sp³-hybridized carbons (Fsp3) is 0.857. The van der Waals surface area contributed by atoms with Crippen LogP contribution in [0.3, 0.4) is 0 Å². The fourth-order valence-electron chi connectivity index (χ4n) is 3.12. The lowest BCUT2D eigenvalue weighted by atomic mass is 10.1. The van der Waals surface area contributed by atoms with Crippen LogP contribution in [0.4, 0.5) is 9.59 Å². The second-order valence-electron chi connectivity index (χ2n) is 8.07. The Balaban J connectivity index is 4.84. The Kier molecular flexibility index (Phi) is 19.1. The first kappa shape index (κ1) is 30.9. The third kappa shape index (κ3) is 18.0. The van der Waals surface area contributed by atoms with Crippen LogP contribution in [0.1, 0.15) is 57.8 Å². The molecule has 0 aromatic rings. The van der Waals surface area contributed by atoms with Crippen LogP contribution in [0.2, 0.25) is 0 Å². The molecular weight excluding hydrogens is 430 g/mol. The summed E-state index contributed by atoms with van der Waals surface area (Å²) in [5, 5.41) is 2.80. The normalized spacial score (nSPS) is 12.6. The molecule has 0 aliphatic carbocycles. The van der Waals surface area contributed by atoms with Gasteiger partial charge in [0.2, 0.25) is 5.91 Å². The van der Waals surface area contributed by atoms with Gasteiger partial charge in [0.15, 0.2) is 0 Å². The van der Waals surface area contributed by atoms with Gasteiger partial charge in [-0.3, -0.25) is 9.69 Å². The molecule has 0 unspecified atom stereocenters. The molecule has 0 aliphatic rings. The minimum absolute atomic E-state index is 0.0513. The minimum atomic E-state index is -0.916. The Bertz CT molecular complexity index is 539. The Morgan fingerprint density at radius 2 is 1.39 bits per heavy atom. The first-order valence-electron chi connectivity index (χ1n) is 11.8. The van der Waals surface area contributed by atoms with Crippen molar-refractivity contribution in [1.82, 2.24) is 10.2 Å². The van der Waals surface area contributed by atoms with Crippen LogP contribution in [0.15, 0.2) is 0 Å². The van der Waals surface area contributed by atoms with E-state index in [-0.39, 0.29) is 31.7 Å². The lowest BCUT2D eigenvalue weighted by molar-refractivity contribution is -0.123. The largest absolute Gasteiger partial charge is 0.448 e. The monoisotopic (exact) mass is 475 g/mol. The molecule has 0 heterocycles. The van der Waals surface area contributed by atoms with Crippen LogP contribution in [0, 0.1) is 0 Å². The maximum absolute atomic E-state index is 12.6. The molecule has 0 rings (SSSR count). The number of ether oxygens (including phenoxy) is 2. The summed E-state index contributed by atoms with van der Waals surface area (Å²) >= 11 is 0. The van der Waals surface area contributed by atoms with Gasteiger partial charge in [0.25, 0.3) is 0 Å². The molecule has 194 valence electrons. The van der Waals surface area contributed by atoms with Gasteiger partial charge in [0.1, 0.15) is 19.8 Å². The van der Waals surface area contributed by atoms with Gasteiger partial charge in [-0.1, -0.05) is 19.3 Å². The molecule has 0 aromatic carbocycles.